The molecule has 0 heterocycles. The van der Waals surface area contributed by atoms with Gasteiger partial charge in [-0.1, -0.05) is 129 Å². The van der Waals surface area contributed by atoms with Crippen molar-refractivity contribution in [2.75, 3.05) is 40.9 Å². The van der Waals surface area contributed by atoms with Crippen molar-refractivity contribution in [3.63, 3.8) is 0 Å². The minimum Gasteiger partial charge on any atom is -0.756 e. The Balaban J connectivity index is 4.54. The third kappa shape index (κ3) is 28.1. The molecule has 1 amide bonds. The lowest BCUT2D eigenvalue weighted by Crippen LogP contribution is -2.46. The van der Waals surface area contributed by atoms with Crippen molar-refractivity contribution in [1.29, 1.82) is 0 Å². The Morgan fingerprint density at radius 2 is 1.20 bits per heavy atom. The molecule has 1 unspecified atom stereocenters. The molecule has 0 radical (unpaired) electrons. The number of phosphoric ester groups is 1. The summed E-state index contributed by atoms with van der Waals surface area (Å²) in [5, 5.41) is 13.7. The van der Waals surface area contributed by atoms with Gasteiger partial charge in [0.1, 0.15) is 13.2 Å². The first-order valence-electron chi connectivity index (χ1n) is 16.9. The van der Waals surface area contributed by atoms with E-state index in [-0.39, 0.29) is 19.1 Å². The van der Waals surface area contributed by atoms with Crippen LogP contribution in [0.25, 0.3) is 0 Å². The Kier molecular flexibility index (Phi) is 25.6. The van der Waals surface area contributed by atoms with Gasteiger partial charge in [0.25, 0.3) is 7.82 Å². The van der Waals surface area contributed by atoms with Crippen LogP contribution in [0.4, 0.5) is 0 Å². The standard InChI is InChI=1S/C32H67N2O6P/c1-6-8-10-12-14-16-17-18-19-21-23-25-31(35)30(29-40-41(37,38)39-28-27-34(3,4)5)33-32(36)26-24-22-20-15-13-11-9-7-2/h30-31,35H,6-29H2,1-5H3,(H-,33,36,37,38)/t30-,31+/m0/s1. The molecule has 3 atom stereocenters. The number of rotatable bonds is 30. The van der Waals surface area contributed by atoms with Gasteiger partial charge in [0.15, 0.2) is 0 Å². The van der Waals surface area contributed by atoms with Crippen LogP contribution in [-0.4, -0.2) is 68.5 Å². The predicted octanol–water partition coefficient (Wildman–Crippen LogP) is 7.27. The van der Waals surface area contributed by atoms with Gasteiger partial charge in [-0.05, 0) is 12.8 Å². The highest BCUT2D eigenvalue weighted by Gasteiger charge is 2.24. The van der Waals surface area contributed by atoms with E-state index in [9.17, 15) is 19.4 Å². The SMILES string of the molecule is CCCCCCCCCCCCC[C@@H](O)[C@H](COP(=O)([O-])OCC[N+](C)(C)C)NC(=O)CCCCCCCCCC. The molecule has 0 bridgehead atoms. The monoisotopic (exact) mass is 606 g/mol. The number of aliphatic hydroxyl groups is 1. The van der Waals surface area contributed by atoms with Gasteiger partial charge < -0.3 is 28.8 Å². The summed E-state index contributed by atoms with van der Waals surface area (Å²) in [6.45, 7) is 4.65. The first-order valence-corrected chi connectivity index (χ1v) is 18.3. The topological polar surface area (TPSA) is 108 Å². The lowest BCUT2D eigenvalue weighted by atomic mass is 10.0. The average molecular weight is 607 g/mol. The highest BCUT2D eigenvalue weighted by atomic mass is 31.2. The number of quaternary nitrogens is 1. The van der Waals surface area contributed by atoms with Crippen molar-refractivity contribution < 1.29 is 32.9 Å². The van der Waals surface area contributed by atoms with Crippen molar-refractivity contribution in [2.24, 2.45) is 0 Å². The normalized spacial score (nSPS) is 15.0. The number of likely N-dealkylation sites (N-methyl/N-ethyl adjacent to an activating group) is 1. The zero-order chi connectivity index (χ0) is 30.8. The van der Waals surface area contributed by atoms with E-state index in [4.69, 9.17) is 9.05 Å². The second kappa shape index (κ2) is 25.9. The van der Waals surface area contributed by atoms with Crippen molar-refractivity contribution in [1.82, 2.24) is 5.32 Å². The van der Waals surface area contributed by atoms with E-state index in [2.05, 4.69) is 19.2 Å². The molecule has 0 rings (SSSR count). The van der Waals surface area contributed by atoms with Gasteiger partial charge in [-0.15, -0.1) is 0 Å². The number of aliphatic hydroxyl groups excluding tert-OH is 1. The number of phosphoric acid groups is 1. The highest BCUT2D eigenvalue weighted by Crippen LogP contribution is 2.38. The molecule has 0 aromatic heterocycles. The molecule has 246 valence electrons. The quantitative estimate of drug-likeness (QED) is 0.0506. The molecule has 0 saturated carbocycles. The minimum absolute atomic E-state index is 0.0149. The Hall–Kier alpha value is -0.500. The number of hydrogen-bond donors (Lipinski definition) is 2. The van der Waals surface area contributed by atoms with E-state index in [1.165, 1.54) is 83.5 Å². The van der Waals surface area contributed by atoms with E-state index < -0.39 is 20.0 Å². The van der Waals surface area contributed by atoms with E-state index in [1.807, 2.05) is 21.1 Å². The minimum atomic E-state index is -4.54. The van der Waals surface area contributed by atoms with Crippen molar-refractivity contribution >= 4 is 13.7 Å². The van der Waals surface area contributed by atoms with Crippen LogP contribution in [0.2, 0.25) is 0 Å². The summed E-state index contributed by atoms with van der Waals surface area (Å²) < 4.78 is 23.0. The average Bonchev–Trinajstić information content (AvgIpc) is 2.90. The van der Waals surface area contributed by atoms with E-state index in [1.54, 1.807) is 0 Å². The maximum Gasteiger partial charge on any atom is 0.268 e. The van der Waals surface area contributed by atoms with Crippen molar-refractivity contribution in [3.8, 4) is 0 Å². The molecule has 0 spiro atoms. The highest BCUT2D eigenvalue weighted by molar-refractivity contribution is 7.45. The maximum absolute atomic E-state index is 12.6. The molecule has 0 aliphatic rings. The summed E-state index contributed by atoms with van der Waals surface area (Å²) in [5.41, 5.74) is 0. The zero-order valence-electron chi connectivity index (χ0n) is 27.5. The summed E-state index contributed by atoms with van der Waals surface area (Å²) >= 11 is 0. The number of nitrogens with zero attached hydrogens (tertiary/aromatic N) is 1. The lowest BCUT2D eigenvalue weighted by molar-refractivity contribution is -0.870. The van der Waals surface area contributed by atoms with Crippen molar-refractivity contribution in [2.45, 2.75) is 161 Å². The number of hydrogen-bond acceptors (Lipinski definition) is 6. The first kappa shape index (κ1) is 40.5. The summed E-state index contributed by atoms with van der Waals surface area (Å²) in [7, 11) is 1.31. The van der Waals surface area contributed by atoms with Crippen LogP contribution in [-0.2, 0) is 18.4 Å². The van der Waals surface area contributed by atoms with Gasteiger partial charge in [-0.2, -0.15) is 0 Å². The van der Waals surface area contributed by atoms with Crippen LogP contribution in [0, 0.1) is 0 Å². The number of nitrogens with one attached hydrogen (secondary N) is 1. The van der Waals surface area contributed by atoms with Crippen LogP contribution in [0.5, 0.6) is 0 Å². The lowest BCUT2D eigenvalue weighted by Gasteiger charge is -2.30. The summed E-state index contributed by atoms with van der Waals surface area (Å²) in [6.07, 6.45) is 22.5. The number of amides is 1. The molecule has 41 heavy (non-hydrogen) atoms. The number of carbonyl (C=O) groups is 1. The van der Waals surface area contributed by atoms with Crippen LogP contribution < -0.4 is 10.2 Å². The fourth-order valence-electron chi connectivity index (χ4n) is 4.80. The molecule has 2 N–H and O–H groups in total. The third-order valence-electron chi connectivity index (χ3n) is 7.60. The molecule has 0 aliphatic carbocycles. The fraction of sp³-hybridized carbons (Fsp3) is 0.969. The Morgan fingerprint density at radius 3 is 1.66 bits per heavy atom. The Labute approximate surface area is 253 Å². The van der Waals surface area contributed by atoms with Crippen LogP contribution in [0.1, 0.15) is 149 Å². The van der Waals surface area contributed by atoms with Gasteiger partial charge in [0.2, 0.25) is 5.91 Å². The van der Waals surface area contributed by atoms with Crippen LogP contribution >= 0.6 is 7.82 Å². The van der Waals surface area contributed by atoms with Gasteiger partial charge in [0.05, 0.1) is 39.9 Å². The van der Waals surface area contributed by atoms with Crippen LogP contribution in [0.15, 0.2) is 0 Å². The van der Waals surface area contributed by atoms with E-state index in [0.717, 1.165) is 38.5 Å². The summed E-state index contributed by atoms with van der Waals surface area (Å²) in [6, 6.07) is -0.788. The smallest absolute Gasteiger partial charge is 0.268 e. The van der Waals surface area contributed by atoms with Gasteiger partial charge in [0, 0.05) is 6.42 Å². The molecular formula is C32H67N2O6P. The zero-order valence-corrected chi connectivity index (χ0v) is 28.4. The molecule has 9 heteroatoms. The number of unbranched alkanes of at least 4 members (excludes halogenated alkanes) is 17. The van der Waals surface area contributed by atoms with E-state index in [0.29, 0.717) is 23.9 Å². The first-order chi connectivity index (χ1) is 19.5. The second-order valence-electron chi connectivity index (χ2n) is 12.9. The number of carbonyl (C=O) groups excluding carboxylic acids is 1. The predicted molar refractivity (Wildman–Crippen MR) is 169 cm³/mol. The molecule has 8 nitrogen and oxygen atoms in total. The second-order valence-corrected chi connectivity index (χ2v) is 14.3. The maximum atomic E-state index is 12.6. The molecule has 0 aliphatic heterocycles. The Morgan fingerprint density at radius 1 is 0.756 bits per heavy atom. The van der Waals surface area contributed by atoms with Crippen molar-refractivity contribution in [3.05, 3.63) is 0 Å². The molecular weight excluding hydrogens is 539 g/mol. The van der Waals surface area contributed by atoms with Gasteiger partial charge >= 0.3 is 0 Å². The largest absolute Gasteiger partial charge is 0.756 e. The molecule has 0 saturated heterocycles. The van der Waals surface area contributed by atoms with Crippen LogP contribution in [0.3, 0.4) is 0 Å². The summed E-state index contributed by atoms with van der Waals surface area (Å²) in [5.74, 6) is -0.172. The third-order valence-corrected chi connectivity index (χ3v) is 8.56. The van der Waals surface area contributed by atoms with Gasteiger partial charge in [-0.3, -0.25) is 9.36 Å². The molecule has 0 aromatic rings. The molecule has 0 aromatic carbocycles. The fourth-order valence-corrected chi connectivity index (χ4v) is 5.52. The summed E-state index contributed by atoms with van der Waals surface area (Å²) in [4.78, 5) is 24.9. The molecule has 0 fully saturated rings. The Bertz CT molecular complexity index is 659. The van der Waals surface area contributed by atoms with E-state index >= 15 is 0 Å². The van der Waals surface area contributed by atoms with Gasteiger partial charge in [-0.25, -0.2) is 0 Å².